The summed E-state index contributed by atoms with van der Waals surface area (Å²) in [7, 11) is 1.80. The van der Waals surface area contributed by atoms with Crippen molar-refractivity contribution in [2.45, 2.75) is 43.9 Å². The van der Waals surface area contributed by atoms with Gasteiger partial charge in [0.05, 0.1) is 7.11 Å². The average molecular weight is 280 g/mol. The maximum Gasteiger partial charge on any atom is 1.00 e. The van der Waals surface area contributed by atoms with Crippen LogP contribution in [0.1, 0.15) is 44.1 Å². The standard InChI is InChI=1S/C17H21O.K/c1-18-16-5-3-2-4-15(16)17-9-12-6-13(10-17)8-14(7-12)11-17;/h3-5,12-14H,6-11H2,1H3;/q-1;+1. The molecule has 0 aliphatic heterocycles. The Hall–Kier alpha value is 0.656. The van der Waals surface area contributed by atoms with Gasteiger partial charge in [-0.15, -0.1) is 11.6 Å². The Balaban J connectivity index is 0.00000110. The predicted octanol–water partition coefficient (Wildman–Crippen LogP) is 0.967. The maximum absolute atomic E-state index is 5.61. The molecule has 0 saturated heterocycles. The molecule has 0 amide bonds. The quantitative estimate of drug-likeness (QED) is 0.579. The minimum atomic E-state index is 0. The van der Waals surface area contributed by atoms with E-state index in [1.165, 1.54) is 44.1 Å². The molecule has 1 nitrogen and oxygen atoms in total. The Labute approximate surface area is 158 Å². The Kier molecular flexibility index (Phi) is 4.19. The molecule has 4 aliphatic rings. The molecule has 4 fully saturated rings. The second-order valence-electron chi connectivity index (χ2n) is 6.82. The SMILES string of the molecule is COc1cc[c-]cc1C12CC3CC(CC(C3)C1)C2.[K+]. The summed E-state index contributed by atoms with van der Waals surface area (Å²) in [4.78, 5) is 0. The van der Waals surface area contributed by atoms with E-state index < -0.39 is 0 Å². The van der Waals surface area contributed by atoms with Gasteiger partial charge in [-0.25, -0.2) is 0 Å². The molecule has 19 heavy (non-hydrogen) atoms. The molecule has 4 aliphatic carbocycles. The van der Waals surface area contributed by atoms with Crippen molar-refractivity contribution in [3.05, 3.63) is 29.8 Å². The molecular weight excluding hydrogens is 259 g/mol. The van der Waals surface area contributed by atoms with Gasteiger partial charge in [-0.05, 0) is 42.4 Å². The van der Waals surface area contributed by atoms with Crippen LogP contribution >= 0.6 is 0 Å². The monoisotopic (exact) mass is 280 g/mol. The predicted molar refractivity (Wildman–Crippen MR) is 71.7 cm³/mol. The number of ether oxygens (including phenoxy) is 1. The van der Waals surface area contributed by atoms with Gasteiger partial charge in [0.15, 0.2) is 0 Å². The van der Waals surface area contributed by atoms with Crippen molar-refractivity contribution < 1.29 is 56.1 Å². The summed E-state index contributed by atoms with van der Waals surface area (Å²) >= 11 is 0. The summed E-state index contributed by atoms with van der Waals surface area (Å²) in [6.07, 6.45) is 8.68. The minimum Gasteiger partial charge on any atom is -0.522 e. The maximum atomic E-state index is 5.61. The molecule has 96 valence electrons. The van der Waals surface area contributed by atoms with E-state index in [1.54, 1.807) is 7.11 Å². The van der Waals surface area contributed by atoms with Crippen molar-refractivity contribution in [3.63, 3.8) is 0 Å². The Morgan fingerprint density at radius 1 is 1.11 bits per heavy atom. The van der Waals surface area contributed by atoms with Crippen LogP contribution in [0.2, 0.25) is 0 Å². The van der Waals surface area contributed by atoms with E-state index in [1.807, 2.05) is 6.07 Å². The summed E-state index contributed by atoms with van der Waals surface area (Å²) in [6.45, 7) is 0. The molecule has 1 aromatic carbocycles. The third-order valence-corrected chi connectivity index (χ3v) is 5.65. The topological polar surface area (TPSA) is 9.23 Å². The molecule has 2 heteroatoms. The fourth-order valence-corrected chi connectivity index (χ4v) is 5.45. The number of hydrogen-bond acceptors (Lipinski definition) is 1. The van der Waals surface area contributed by atoms with Gasteiger partial charge in [0.25, 0.3) is 0 Å². The molecule has 1 aromatic rings. The first-order chi connectivity index (χ1) is 8.79. The van der Waals surface area contributed by atoms with Gasteiger partial charge < -0.3 is 4.74 Å². The zero-order valence-corrected chi connectivity index (χ0v) is 15.2. The van der Waals surface area contributed by atoms with Crippen molar-refractivity contribution in [2.24, 2.45) is 17.8 Å². The summed E-state index contributed by atoms with van der Waals surface area (Å²) < 4.78 is 5.61. The van der Waals surface area contributed by atoms with E-state index in [9.17, 15) is 0 Å². The molecule has 0 unspecified atom stereocenters. The van der Waals surface area contributed by atoms with Gasteiger partial charge in [0, 0.05) is 5.75 Å². The summed E-state index contributed by atoms with van der Waals surface area (Å²) in [5.74, 6) is 4.05. The molecule has 0 aromatic heterocycles. The molecule has 0 radical (unpaired) electrons. The van der Waals surface area contributed by atoms with Crippen LogP contribution in [0.3, 0.4) is 0 Å². The zero-order valence-electron chi connectivity index (χ0n) is 12.1. The van der Waals surface area contributed by atoms with Crippen LogP contribution in [0.4, 0.5) is 0 Å². The third-order valence-electron chi connectivity index (χ3n) is 5.65. The zero-order chi connectivity index (χ0) is 12.2. The second-order valence-corrected chi connectivity index (χ2v) is 6.82. The van der Waals surface area contributed by atoms with Crippen LogP contribution in [0.5, 0.6) is 5.75 Å². The fraction of sp³-hybridized carbons (Fsp3) is 0.647. The molecule has 4 bridgehead atoms. The number of methoxy groups -OCH3 is 1. The van der Waals surface area contributed by atoms with Gasteiger partial charge in [-0.1, -0.05) is 19.3 Å². The summed E-state index contributed by atoms with van der Waals surface area (Å²) in [6, 6.07) is 9.55. The number of hydrogen-bond donors (Lipinski definition) is 0. The summed E-state index contributed by atoms with van der Waals surface area (Å²) in [5.41, 5.74) is 1.88. The minimum absolute atomic E-state index is 0. The molecule has 5 rings (SSSR count). The van der Waals surface area contributed by atoms with E-state index >= 15 is 0 Å². The Morgan fingerprint density at radius 3 is 2.21 bits per heavy atom. The summed E-state index contributed by atoms with van der Waals surface area (Å²) in [5, 5.41) is 0. The first-order valence-electron chi connectivity index (χ1n) is 7.34. The van der Waals surface area contributed by atoms with E-state index in [2.05, 4.69) is 18.2 Å². The first kappa shape index (κ1) is 14.6. The van der Waals surface area contributed by atoms with Crippen molar-refractivity contribution in [1.29, 1.82) is 0 Å². The van der Waals surface area contributed by atoms with Crippen LogP contribution in [0, 0.1) is 23.8 Å². The van der Waals surface area contributed by atoms with E-state index in [0.29, 0.717) is 5.41 Å². The van der Waals surface area contributed by atoms with Gasteiger partial charge in [-0.2, -0.15) is 18.2 Å². The van der Waals surface area contributed by atoms with Crippen LogP contribution in [0.15, 0.2) is 18.2 Å². The van der Waals surface area contributed by atoms with Crippen molar-refractivity contribution in [1.82, 2.24) is 0 Å². The van der Waals surface area contributed by atoms with Gasteiger partial charge in [0.1, 0.15) is 0 Å². The van der Waals surface area contributed by atoms with Crippen molar-refractivity contribution in [3.8, 4) is 5.75 Å². The normalized spacial score (nSPS) is 38.9. The van der Waals surface area contributed by atoms with Crippen LogP contribution in [0.25, 0.3) is 0 Å². The van der Waals surface area contributed by atoms with Crippen LogP contribution < -0.4 is 56.1 Å². The molecule has 0 spiro atoms. The largest absolute Gasteiger partial charge is 1.00 e. The molecule has 4 saturated carbocycles. The molecule has 0 heterocycles. The second kappa shape index (κ2) is 5.45. The van der Waals surface area contributed by atoms with Gasteiger partial charge in [-0.3, -0.25) is 0 Å². The number of benzene rings is 1. The van der Waals surface area contributed by atoms with Crippen LogP contribution in [-0.4, -0.2) is 7.11 Å². The molecule has 0 N–H and O–H groups in total. The molecular formula is C17H21KO. The van der Waals surface area contributed by atoms with E-state index in [-0.39, 0.29) is 51.4 Å². The Morgan fingerprint density at radius 2 is 1.68 bits per heavy atom. The number of rotatable bonds is 2. The average Bonchev–Trinajstić information content (AvgIpc) is 2.37. The van der Waals surface area contributed by atoms with E-state index in [0.717, 1.165) is 23.5 Å². The van der Waals surface area contributed by atoms with Crippen LogP contribution in [-0.2, 0) is 5.41 Å². The van der Waals surface area contributed by atoms with E-state index in [4.69, 9.17) is 4.74 Å². The van der Waals surface area contributed by atoms with Gasteiger partial charge in [0.2, 0.25) is 0 Å². The first-order valence-corrected chi connectivity index (χ1v) is 7.34. The van der Waals surface area contributed by atoms with Crippen molar-refractivity contribution in [2.75, 3.05) is 7.11 Å². The fourth-order valence-electron chi connectivity index (χ4n) is 5.45. The van der Waals surface area contributed by atoms with Crippen molar-refractivity contribution >= 4 is 0 Å². The molecule has 0 atom stereocenters. The van der Waals surface area contributed by atoms with Gasteiger partial charge >= 0.3 is 51.4 Å². The Bertz CT molecular complexity index is 433. The smallest absolute Gasteiger partial charge is 0.522 e. The third kappa shape index (κ3) is 2.38.